The zero-order valence-corrected chi connectivity index (χ0v) is 13.4. The Kier molecular flexibility index (Phi) is 4.71. The summed E-state index contributed by atoms with van der Waals surface area (Å²) in [5.74, 6) is -0.296. The number of hydrogen-bond acceptors (Lipinski definition) is 2. The van der Waals surface area contributed by atoms with E-state index < -0.39 is 6.10 Å². The van der Waals surface area contributed by atoms with Gasteiger partial charge in [-0.2, -0.15) is 0 Å². The van der Waals surface area contributed by atoms with Crippen molar-refractivity contribution in [1.82, 2.24) is 4.98 Å². The number of nitrogens with zero attached hydrogens (tertiary/aromatic N) is 1. The van der Waals surface area contributed by atoms with Gasteiger partial charge in [0, 0.05) is 21.6 Å². The first-order valence-corrected chi connectivity index (χ1v) is 7.30. The second-order valence-corrected chi connectivity index (χ2v) is 6.08. The van der Waals surface area contributed by atoms with Crippen LogP contribution in [0, 0.1) is 12.7 Å². The van der Waals surface area contributed by atoms with Crippen LogP contribution in [0.2, 0.25) is 0 Å². The minimum Gasteiger partial charge on any atom is -0.386 e. The molecule has 1 N–H and O–H groups in total. The molecule has 2 rings (SSSR count). The predicted octanol–water partition coefficient (Wildman–Crippen LogP) is 4.33. The Bertz CT molecular complexity index is 604. The highest BCUT2D eigenvalue weighted by Crippen LogP contribution is 2.27. The van der Waals surface area contributed by atoms with Crippen molar-refractivity contribution >= 4 is 31.9 Å². The van der Waals surface area contributed by atoms with Gasteiger partial charge < -0.3 is 5.11 Å². The number of halogens is 3. The third kappa shape index (κ3) is 3.61. The van der Waals surface area contributed by atoms with Crippen LogP contribution in [-0.2, 0) is 6.42 Å². The number of aromatic nitrogens is 1. The number of pyridine rings is 1. The maximum Gasteiger partial charge on any atom is 0.123 e. The van der Waals surface area contributed by atoms with Crippen LogP contribution in [0.25, 0.3) is 0 Å². The van der Waals surface area contributed by atoms with E-state index in [0.29, 0.717) is 12.1 Å². The maximum absolute atomic E-state index is 13.2. The highest BCUT2D eigenvalue weighted by atomic mass is 79.9. The van der Waals surface area contributed by atoms with Crippen LogP contribution in [0.3, 0.4) is 0 Å². The molecule has 2 nitrogen and oxygen atoms in total. The molecule has 100 valence electrons. The summed E-state index contributed by atoms with van der Waals surface area (Å²) in [6.45, 7) is 1.89. The van der Waals surface area contributed by atoms with Gasteiger partial charge in [0.2, 0.25) is 0 Å². The lowest BCUT2D eigenvalue weighted by molar-refractivity contribution is 0.172. The molecule has 0 saturated heterocycles. The Morgan fingerprint density at radius 3 is 2.74 bits per heavy atom. The number of aliphatic hydroxyl groups is 1. The molecule has 0 aliphatic carbocycles. The summed E-state index contributed by atoms with van der Waals surface area (Å²) in [5, 5.41) is 10.2. The monoisotopic (exact) mass is 387 g/mol. The summed E-state index contributed by atoms with van der Waals surface area (Å²) in [5.41, 5.74) is 2.28. The second-order valence-electron chi connectivity index (χ2n) is 4.31. The molecule has 1 heterocycles. The lowest BCUT2D eigenvalue weighted by Gasteiger charge is -2.14. The second kappa shape index (κ2) is 6.11. The first-order chi connectivity index (χ1) is 8.97. The fourth-order valence-electron chi connectivity index (χ4n) is 1.84. The van der Waals surface area contributed by atoms with Crippen molar-refractivity contribution in [2.24, 2.45) is 0 Å². The van der Waals surface area contributed by atoms with Crippen molar-refractivity contribution in [2.45, 2.75) is 19.4 Å². The number of aryl methyl sites for hydroxylation is 1. The van der Waals surface area contributed by atoms with E-state index in [2.05, 4.69) is 36.8 Å². The van der Waals surface area contributed by atoms with Gasteiger partial charge >= 0.3 is 0 Å². The Balaban J connectivity index is 2.25. The molecule has 0 saturated carbocycles. The molecule has 0 fully saturated rings. The molecule has 1 unspecified atom stereocenters. The lowest BCUT2D eigenvalue weighted by Crippen LogP contribution is -2.06. The van der Waals surface area contributed by atoms with Gasteiger partial charge in [-0.1, -0.05) is 6.07 Å². The van der Waals surface area contributed by atoms with E-state index in [-0.39, 0.29) is 5.82 Å². The predicted molar refractivity (Wildman–Crippen MR) is 79.4 cm³/mol. The van der Waals surface area contributed by atoms with Crippen LogP contribution in [0.1, 0.15) is 22.9 Å². The standard InChI is InChI=1S/C14H12Br2FNO/c1-8-2-3-11(17)4-9(8)5-13(19)14-12(16)6-10(15)7-18-14/h2-4,6-7,13,19H,5H2,1H3. The van der Waals surface area contributed by atoms with Crippen molar-refractivity contribution < 1.29 is 9.50 Å². The van der Waals surface area contributed by atoms with Gasteiger partial charge in [-0.05, 0) is 68.1 Å². The smallest absolute Gasteiger partial charge is 0.123 e. The molecule has 0 bridgehead atoms. The first kappa shape index (κ1) is 14.6. The molecular formula is C14H12Br2FNO. The average Bonchev–Trinajstić information content (AvgIpc) is 2.33. The minimum absolute atomic E-state index is 0.296. The molecule has 5 heteroatoms. The van der Waals surface area contributed by atoms with E-state index in [1.165, 1.54) is 12.1 Å². The van der Waals surface area contributed by atoms with Gasteiger partial charge in [0.05, 0.1) is 5.69 Å². The van der Waals surface area contributed by atoms with Crippen LogP contribution in [-0.4, -0.2) is 10.1 Å². The van der Waals surface area contributed by atoms with E-state index in [1.54, 1.807) is 12.3 Å². The highest BCUT2D eigenvalue weighted by Gasteiger charge is 2.15. The summed E-state index contributed by atoms with van der Waals surface area (Å²) < 4.78 is 14.8. The van der Waals surface area contributed by atoms with Gasteiger partial charge in [-0.15, -0.1) is 0 Å². The van der Waals surface area contributed by atoms with Gasteiger partial charge in [0.15, 0.2) is 0 Å². The van der Waals surface area contributed by atoms with Crippen molar-refractivity contribution in [3.8, 4) is 0 Å². The zero-order valence-electron chi connectivity index (χ0n) is 10.2. The van der Waals surface area contributed by atoms with Crippen LogP contribution >= 0.6 is 31.9 Å². The molecule has 0 radical (unpaired) electrons. The topological polar surface area (TPSA) is 33.1 Å². The van der Waals surface area contributed by atoms with Gasteiger partial charge in [0.25, 0.3) is 0 Å². The summed E-state index contributed by atoms with van der Waals surface area (Å²) in [6.07, 6.45) is 1.18. The maximum atomic E-state index is 13.2. The molecule has 2 aromatic rings. The Labute approximate surface area is 127 Å². The zero-order chi connectivity index (χ0) is 14.0. The molecule has 0 aliphatic heterocycles. The summed E-state index contributed by atoms with van der Waals surface area (Å²) in [7, 11) is 0. The molecule has 1 atom stereocenters. The van der Waals surface area contributed by atoms with E-state index in [0.717, 1.165) is 20.1 Å². The van der Waals surface area contributed by atoms with Crippen molar-refractivity contribution in [3.05, 3.63) is 62.0 Å². The van der Waals surface area contributed by atoms with Crippen molar-refractivity contribution in [3.63, 3.8) is 0 Å². The molecule has 0 amide bonds. The van der Waals surface area contributed by atoms with Crippen molar-refractivity contribution in [2.75, 3.05) is 0 Å². The number of benzene rings is 1. The molecule has 1 aromatic heterocycles. The van der Waals surface area contributed by atoms with Crippen LogP contribution in [0.4, 0.5) is 4.39 Å². The van der Waals surface area contributed by atoms with E-state index in [4.69, 9.17) is 0 Å². The van der Waals surface area contributed by atoms with Gasteiger partial charge in [0.1, 0.15) is 11.9 Å². The fourth-order valence-corrected chi connectivity index (χ4v) is 3.09. The highest BCUT2D eigenvalue weighted by molar-refractivity contribution is 9.11. The van der Waals surface area contributed by atoms with Crippen molar-refractivity contribution in [1.29, 1.82) is 0 Å². The third-order valence-electron chi connectivity index (χ3n) is 2.88. The Morgan fingerprint density at radius 1 is 1.32 bits per heavy atom. The Morgan fingerprint density at radius 2 is 2.05 bits per heavy atom. The summed E-state index contributed by atoms with van der Waals surface area (Å²) >= 11 is 6.68. The number of rotatable bonds is 3. The van der Waals surface area contributed by atoms with E-state index >= 15 is 0 Å². The summed E-state index contributed by atoms with van der Waals surface area (Å²) in [6, 6.07) is 6.40. The van der Waals surface area contributed by atoms with Crippen LogP contribution in [0.5, 0.6) is 0 Å². The number of hydrogen-bond donors (Lipinski definition) is 1. The third-order valence-corrected chi connectivity index (χ3v) is 3.95. The van der Waals surface area contributed by atoms with Gasteiger partial charge in [-0.3, -0.25) is 4.98 Å². The molecule has 1 aromatic carbocycles. The molecule has 19 heavy (non-hydrogen) atoms. The van der Waals surface area contributed by atoms with E-state index in [1.807, 2.05) is 13.0 Å². The van der Waals surface area contributed by atoms with E-state index in [9.17, 15) is 9.50 Å². The SMILES string of the molecule is Cc1ccc(F)cc1CC(O)c1ncc(Br)cc1Br. The van der Waals surface area contributed by atoms with Crippen LogP contribution in [0.15, 0.2) is 39.4 Å². The minimum atomic E-state index is -0.775. The lowest BCUT2D eigenvalue weighted by atomic mass is 10.0. The Hall–Kier alpha value is -0.780. The normalized spacial score (nSPS) is 12.5. The largest absolute Gasteiger partial charge is 0.386 e. The van der Waals surface area contributed by atoms with Gasteiger partial charge in [-0.25, -0.2) is 4.39 Å². The molecule has 0 aliphatic rings. The van der Waals surface area contributed by atoms with Crippen LogP contribution < -0.4 is 0 Å². The molecular weight excluding hydrogens is 377 g/mol. The first-order valence-electron chi connectivity index (χ1n) is 5.71. The summed E-state index contributed by atoms with van der Waals surface area (Å²) in [4.78, 5) is 4.19. The fraction of sp³-hybridized carbons (Fsp3) is 0.214. The molecule has 0 spiro atoms. The number of aliphatic hydroxyl groups excluding tert-OH is 1. The quantitative estimate of drug-likeness (QED) is 0.848. The average molecular weight is 389 g/mol.